The summed E-state index contributed by atoms with van der Waals surface area (Å²) in [5.41, 5.74) is -1.26. The van der Waals surface area contributed by atoms with Crippen LogP contribution in [0.15, 0.2) is 0 Å². The van der Waals surface area contributed by atoms with Crippen LogP contribution in [-0.4, -0.2) is 53.3 Å². The van der Waals surface area contributed by atoms with Crippen molar-refractivity contribution >= 4 is 12.0 Å². The van der Waals surface area contributed by atoms with Gasteiger partial charge in [-0.15, -0.1) is 0 Å². The molecule has 2 saturated heterocycles. The number of carbonyl (C=O) groups is 2. The third-order valence-electron chi connectivity index (χ3n) is 4.64. The number of likely N-dealkylation sites (tertiary alicyclic amines) is 1. The summed E-state index contributed by atoms with van der Waals surface area (Å²) < 4.78 is 5.16. The SMILES string of the molecule is CC1CC(C)C(C)N(C(=O)NC2(C(=O)O)CCOC2)C1. The highest BCUT2D eigenvalue weighted by Gasteiger charge is 2.45. The zero-order chi connectivity index (χ0) is 14.9. The topological polar surface area (TPSA) is 78.9 Å². The van der Waals surface area contributed by atoms with Gasteiger partial charge in [-0.2, -0.15) is 0 Å². The summed E-state index contributed by atoms with van der Waals surface area (Å²) in [6.45, 7) is 7.36. The number of hydrogen-bond donors (Lipinski definition) is 2. The molecule has 0 aromatic carbocycles. The van der Waals surface area contributed by atoms with E-state index >= 15 is 0 Å². The van der Waals surface area contributed by atoms with Crippen molar-refractivity contribution in [1.29, 1.82) is 0 Å². The molecule has 0 bridgehead atoms. The first kappa shape index (κ1) is 15.1. The Morgan fingerprint density at radius 2 is 2.05 bits per heavy atom. The fraction of sp³-hybridized carbons (Fsp3) is 0.857. The largest absolute Gasteiger partial charge is 0.479 e. The second-order valence-electron chi connectivity index (χ2n) is 6.33. The average molecular weight is 284 g/mol. The number of rotatable bonds is 2. The zero-order valence-corrected chi connectivity index (χ0v) is 12.4. The number of carbonyl (C=O) groups excluding carboxylic acids is 1. The van der Waals surface area contributed by atoms with Gasteiger partial charge >= 0.3 is 12.0 Å². The zero-order valence-electron chi connectivity index (χ0n) is 12.4. The molecule has 4 atom stereocenters. The Bertz CT molecular complexity index is 393. The molecule has 2 N–H and O–H groups in total. The number of carboxylic acids is 1. The molecule has 2 aliphatic rings. The number of urea groups is 1. The smallest absolute Gasteiger partial charge is 0.332 e. The van der Waals surface area contributed by atoms with E-state index < -0.39 is 11.5 Å². The van der Waals surface area contributed by atoms with Crippen molar-refractivity contribution in [2.45, 2.75) is 45.2 Å². The van der Waals surface area contributed by atoms with Crippen LogP contribution in [0, 0.1) is 11.8 Å². The number of ether oxygens (including phenoxy) is 1. The molecule has 114 valence electrons. The van der Waals surface area contributed by atoms with Crippen molar-refractivity contribution in [1.82, 2.24) is 10.2 Å². The fourth-order valence-corrected chi connectivity index (χ4v) is 3.15. The lowest BCUT2D eigenvalue weighted by Gasteiger charge is -2.42. The Morgan fingerprint density at radius 1 is 1.35 bits per heavy atom. The average Bonchev–Trinajstić information content (AvgIpc) is 2.83. The first-order valence-electron chi connectivity index (χ1n) is 7.25. The molecule has 0 aromatic rings. The normalized spacial score (nSPS) is 37.8. The van der Waals surface area contributed by atoms with Crippen LogP contribution in [0.4, 0.5) is 4.79 Å². The molecule has 2 amide bonds. The molecule has 4 unspecified atom stereocenters. The maximum absolute atomic E-state index is 12.5. The predicted octanol–water partition coefficient (Wildman–Crippen LogP) is 1.31. The second kappa shape index (κ2) is 5.60. The highest BCUT2D eigenvalue weighted by atomic mass is 16.5. The number of hydrogen-bond acceptors (Lipinski definition) is 3. The minimum Gasteiger partial charge on any atom is -0.479 e. The third kappa shape index (κ3) is 2.75. The van der Waals surface area contributed by atoms with Crippen LogP contribution in [0.25, 0.3) is 0 Å². The molecule has 0 saturated carbocycles. The molecule has 0 aromatic heterocycles. The molecule has 2 heterocycles. The summed E-state index contributed by atoms with van der Waals surface area (Å²) in [7, 11) is 0. The van der Waals surface area contributed by atoms with Gasteiger partial charge < -0.3 is 20.1 Å². The molecular weight excluding hydrogens is 260 g/mol. The van der Waals surface area contributed by atoms with E-state index in [0.717, 1.165) is 6.42 Å². The van der Waals surface area contributed by atoms with Gasteiger partial charge in [0, 0.05) is 25.6 Å². The van der Waals surface area contributed by atoms with Gasteiger partial charge in [-0.1, -0.05) is 13.8 Å². The molecule has 2 aliphatic heterocycles. The van der Waals surface area contributed by atoms with Gasteiger partial charge in [-0.3, -0.25) is 0 Å². The quantitative estimate of drug-likeness (QED) is 0.801. The minimum atomic E-state index is -1.26. The molecule has 6 nitrogen and oxygen atoms in total. The Kier molecular flexibility index (Phi) is 4.22. The van der Waals surface area contributed by atoms with Gasteiger partial charge in [0.05, 0.1) is 6.61 Å². The summed E-state index contributed by atoms with van der Waals surface area (Å²) in [5.74, 6) is -0.160. The Labute approximate surface area is 119 Å². The van der Waals surface area contributed by atoms with E-state index in [4.69, 9.17) is 4.74 Å². The number of piperidine rings is 1. The van der Waals surface area contributed by atoms with Gasteiger partial charge in [0.1, 0.15) is 0 Å². The van der Waals surface area contributed by atoms with Crippen molar-refractivity contribution in [3.05, 3.63) is 0 Å². The van der Waals surface area contributed by atoms with Gasteiger partial charge in [0.15, 0.2) is 5.54 Å². The summed E-state index contributed by atoms with van der Waals surface area (Å²) in [5, 5.41) is 12.1. The van der Waals surface area contributed by atoms with E-state index in [-0.39, 0.29) is 18.7 Å². The predicted molar refractivity (Wildman–Crippen MR) is 73.4 cm³/mol. The monoisotopic (exact) mass is 284 g/mol. The lowest BCUT2D eigenvalue weighted by molar-refractivity contribution is -0.144. The van der Waals surface area contributed by atoms with E-state index in [1.807, 2.05) is 6.92 Å². The van der Waals surface area contributed by atoms with Crippen LogP contribution < -0.4 is 5.32 Å². The number of amides is 2. The number of aliphatic carboxylic acids is 1. The molecule has 2 rings (SSSR count). The van der Waals surface area contributed by atoms with E-state index in [0.29, 0.717) is 31.4 Å². The van der Waals surface area contributed by atoms with Gasteiger partial charge in [0.25, 0.3) is 0 Å². The summed E-state index contributed by atoms with van der Waals surface area (Å²) in [6, 6.07) is -0.164. The minimum absolute atomic E-state index is 0.0431. The summed E-state index contributed by atoms with van der Waals surface area (Å²) in [6.07, 6.45) is 1.42. The number of nitrogens with zero attached hydrogens (tertiary/aromatic N) is 1. The van der Waals surface area contributed by atoms with E-state index in [9.17, 15) is 14.7 Å². The standard InChI is InChI=1S/C14H24N2O4/c1-9-6-10(2)11(3)16(7-9)13(19)15-14(12(17)18)4-5-20-8-14/h9-11H,4-8H2,1-3H3,(H,15,19)(H,17,18). The lowest BCUT2D eigenvalue weighted by atomic mass is 9.86. The molecular formula is C14H24N2O4. The Balaban J connectivity index is 2.08. The van der Waals surface area contributed by atoms with Gasteiger partial charge in [-0.05, 0) is 25.2 Å². The molecule has 0 aliphatic carbocycles. The van der Waals surface area contributed by atoms with Crippen molar-refractivity contribution in [3.8, 4) is 0 Å². The molecule has 0 radical (unpaired) electrons. The number of nitrogens with one attached hydrogen (secondary N) is 1. The Morgan fingerprint density at radius 3 is 2.60 bits per heavy atom. The van der Waals surface area contributed by atoms with Crippen LogP contribution in [0.5, 0.6) is 0 Å². The van der Waals surface area contributed by atoms with Crippen LogP contribution in [0.3, 0.4) is 0 Å². The first-order chi connectivity index (χ1) is 9.35. The molecule has 20 heavy (non-hydrogen) atoms. The maximum Gasteiger partial charge on any atom is 0.332 e. The van der Waals surface area contributed by atoms with Gasteiger partial charge in [0.2, 0.25) is 0 Å². The van der Waals surface area contributed by atoms with Crippen LogP contribution in [0.1, 0.15) is 33.6 Å². The van der Waals surface area contributed by atoms with Crippen LogP contribution >= 0.6 is 0 Å². The van der Waals surface area contributed by atoms with Crippen molar-refractivity contribution < 1.29 is 19.4 Å². The molecule has 0 spiro atoms. The third-order valence-corrected chi connectivity index (χ3v) is 4.64. The van der Waals surface area contributed by atoms with Crippen molar-refractivity contribution in [3.63, 3.8) is 0 Å². The molecule has 6 heteroatoms. The molecule has 2 fully saturated rings. The summed E-state index contributed by atoms with van der Waals surface area (Å²) in [4.78, 5) is 25.7. The second-order valence-corrected chi connectivity index (χ2v) is 6.33. The van der Waals surface area contributed by atoms with E-state index in [1.165, 1.54) is 0 Å². The van der Waals surface area contributed by atoms with Crippen LogP contribution in [0.2, 0.25) is 0 Å². The first-order valence-corrected chi connectivity index (χ1v) is 7.25. The lowest BCUT2D eigenvalue weighted by Crippen LogP contribution is -2.61. The highest BCUT2D eigenvalue weighted by molar-refractivity contribution is 5.87. The van der Waals surface area contributed by atoms with Crippen molar-refractivity contribution in [2.75, 3.05) is 19.8 Å². The van der Waals surface area contributed by atoms with E-state index in [1.54, 1.807) is 4.90 Å². The summed E-state index contributed by atoms with van der Waals surface area (Å²) >= 11 is 0. The fourth-order valence-electron chi connectivity index (χ4n) is 3.15. The van der Waals surface area contributed by atoms with Crippen molar-refractivity contribution in [2.24, 2.45) is 11.8 Å². The maximum atomic E-state index is 12.5. The Hall–Kier alpha value is -1.30. The van der Waals surface area contributed by atoms with Gasteiger partial charge in [-0.25, -0.2) is 9.59 Å². The van der Waals surface area contributed by atoms with E-state index in [2.05, 4.69) is 19.2 Å². The van der Waals surface area contributed by atoms with Crippen LogP contribution in [-0.2, 0) is 9.53 Å². The highest BCUT2D eigenvalue weighted by Crippen LogP contribution is 2.28. The number of carboxylic acid groups (broad SMARTS) is 1.